The molecule has 84 valence electrons. The van der Waals surface area contributed by atoms with Crippen LogP contribution in [-0.2, 0) is 4.79 Å². The van der Waals surface area contributed by atoms with Gasteiger partial charge in [0, 0.05) is 6.54 Å². The summed E-state index contributed by atoms with van der Waals surface area (Å²) in [5.74, 6) is 0.364. The molecule has 3 aliphatic rings. The SMILES string of the molecule is CC1NC2(CC2)C(=O)N1CC1(C)CCC1. The molecule has 3 nitrogen and oxygen atoms in total. The molecule has 1 unspecified atom stereocenters. The van der Waals surface area contributed by atoms with Crippen molar-refractivity contribution in [3.8, 4) is 0 Å². The molecule has 3 rings (SSSR count). The van der Waals surface area contributed by atoms with E-state index in [0.29, 0.717) is 11.3 Å². The van der Waals surface area contributed by atoms with Crippen molar-refractivity contribution < 1.29 is 4.79 Å². The smallest absolute Gasteiger partial charge is 0.244 e. The Morgan fingerprint density at radius 3 is 2.47 bits per heavy atom. The monoisotopic (exact) mass is 208 g/mol. The van der Waals surface area contributed by atoms with Gasteiger partial charge in [0.05, 0.1) is 11.7 Å². The number of nitrogens with one attached hydrogen (secondary N) is 1. The average Bonchev–Trinajstić information content (AvgIpc) is 2.87. The Morgan fingerprint density at radius 1 is 1.40 bits per heavy atom. The standard InChI is InChI=1S/C12H20N2O/c1-9-13-12(6-7-12)10(15)14(9)8-11(2)4-3-5-11/h9,13H,3-8H2,1-2H3. The second kappa shape index (κ2) is 2.76. The summed E-state index contributed by atoms with van der Waals surface area (Å²) < 4.78 is 0. The van der Waals surface area contributed by atoms with Crippen molar-refractivity contribution in [1.82, 2.24) is 10.2 Å². The molecule has 0 aromatic carbocycles. The Hall–Kier alpha value is -0.570. The first-order valence-electron chi connectivity index (χ1n) is 6.14. The summed E-state index contributed by atoms with van der Waals surface area (Å²) in [5.41, 5.74) is 0.283. The lowest BCUT2D eigenvalue weighted by molar-refractivity contribution is -0.132. The van der Waals surface area contributed by atoms with Crippen molar-refractivity contribution in [3.63, 3.8) is 0 Å². The maximum atomic E-state index is 12.2. The molecule has 1 N–H and O–H groups in total. The Bertz CT molecular complexity index is 305. The summed E-state index contributed by atoms with van der Waals surface area (Å²) in [6.07, 6.45) is 6.25. The minimum atomic E-state index is -0.125. The molecule has 1 saturated heterocycles. The highest BCUT2D eigenvalue weighted by atomic mass is 16.2. The fourth-order valence-electron chi connectivity index (χ4n) is 3.03. The Kier molecular flexibility index (Phi) is 1.77. The third-order valence-corrected chi connectivity index (χ3v) is 4.49. The number of hydrogen-bond acceptors (Lipinski definition) is 2. The lowest BCUT2D eigenvalue weighted by Crippen LogP contribution is -2.45. The van der Waals surface area contributed by atoms with E-state index in [1.54, 1.807) is 0 Å². The Morgan fingerprint density at radius 2 is 2.07 bits per heavy atom. The van der Waals surface area contributed by atoms with Crippen LogP contribution in [0.2, 0.25) is 0 Å². The van der Waals surface area contributed by atoms with Gasteiger partial charge in [-0.1, -0.05) is 13.3 Å². The van der Waals surface area contributed by atoms with E-state index in [0.717, 1.165) is 19.4 Å². The quantitative estimate of drug-likeness (QED) is 0.745. The van der Waals surface area contributed by atoms with Gasteiger partial charge in [-0.05, 0) is 38.0 Å². The minimum Gasteiger partial charge on any atom is -0.325 e. The first-order valence-corrected chi connectivity index (χ1v) is 6.14. The highest BCUT2D eigenvalue weighted by Crippen LogP contribution is 2.46. The van der Waals surface area contributed by atoms with Crippen molar-refractivity contribution in [2.45, 2.75) is 57.7 Å². The summed E-state index contributed by atoms with van der Waals surface area (Å²) in [6.45, 7) is 5.39. The number of nitrogens with zero attached hydrogens (tertiary/aromatic N) is 1. The van der Waals surface area contributed by atoms with Gasteiger partial charge < -0.3 is 4.90 Å². The van der Waals surface area contributed by atoms with Crippen LogP contribution in [0.1, 0.15) is 46.0 Å². The van der Waals surface area contributed by atoms with E-state index in [-0.39, 0.29) is 11.7 Å². The third-order valence-electron chi connectivity index (χ3n) is 4.49. The summed E-state index contributed by atoms with van der Waals surface area (Å²) in [4.78, 5) is 14.3. The van der Waals surface area contributed by atoms with Crippen LogP contribution in [0.5, 0.6) is 0 Å². The molecule has 0 aromatic heterocycles. The molecule has 0 bridgehead atoms. The van der Waals surface area contributed by atoms with Crippen LogP contribution in [0.25, 0.3) is 0 Å². The minimum absolute atomic E-state index is 0.125. The van der Waals surface area contributed by atoms with E-state index in [4.69, 9.17) is 0 Å². The van der Waals surface area contributed by atoms with Crippen LogP contribution >= 0.6 is 0 Å². The van der Waals surface area contributed by atoms with Gasteiger partial charge in [-0.3, -0.25) is 10.1 Å². The first kappa shape index (κ1) is 9.64. The van der Waals surface area contributed by atoms with Gasteiger partial charge in [0.1, 0.15) is 0 Å². The maximum Gasteiger partial charge on any atom is 0.244 e. The van der Waals surface area contributed by atoms with Crippen LogP contribution in [0.3, 0.4) is 0 Å². The fourth-order valence-corrected chi connectivity index (χ4v) is 3.03. The Balaban J connectivity index is 1.72. The van der Waals surface area contributed by atoms with Crippen LogP contribution in [-0.4, -0.2) is 29.1 Å². The van der Waals surface area contributed by atoms with Crippen LogP contribution in [0.4, 0.5) is 0 Å². The zero-order valence-electron chi connectivity index (χ0n) is 9.68. The van der Waals surface area contributed by atoms with E-state index < -0.39 is 0 Å². The molecule has 15 heavy (non-hydrogen) atoms. The lowest BCUT2D eigenvalue weighted by atomic mass is 9.70. The van der Waals surface area contributed by atoms with E-state index in [1.165, 1.54) is 19.3 Å². The zero-order valence-corrected chi connectivity index (χ0v) is 9.68. The van der Waals surface area contributed by atoms with Crippen molar-refractivity contribution in [2.75, 3.05) is 6.54 Å². The Labute approximate surface area is 91.2 Å². The molecule has 2 saturated carbocycles. The first-order chi connectivity index (χ1) is 7.05. The molecule has 0 aromatic rings. The van der Waals surface area contributed by atoms with Crippen molar-refractivity contribution in [3.05, 3.63) is 0 Å². The van der Waals surface area contributed by atoms with Gasteiger partial charge in [-0.25, -0.2) is 0 Å². The predicted octanol–water partition coefficient (Wildman–Crippen LogP) is 1.49. The number of hydrogen-bond donors (Lipinski definition) is 1. The predicted molar refractivity (Wildman–Crippen MR) is 58.2 cm³/mol. The van der Waals surface area contributed by atoms with Crippen LogP contribution < -0.4 is 5.32 Å². The highest BCUT2D eigenvalue weighted by molar-refractivity contribution is 5.91. The van der Waals surface area contributed by atoms with Crippen molar-refractivity contribution >= 4 is 5.91 Å². The molecule has 1 heterocycles. The molecule has 3 fully saturated rings. The van der Waals surface area contributed by atoms with Gasteiger partial charge >= 0.3 is 0 Å². The molecule has 3 heteroatoms. The molecule has 1 amide bonds. The fraction of sp³-hybridized carbons (Fsp3) is 0.917. The largest absolute Gasteiger partial charge is 0.325 e. The van der Waals surface area contributed by atoms with Gasteiger partial charge in [0.15, 0.2) is 0 Å². The van der Waals surface area contributed by atoms with Gasteiger partial charge in [0.25, 0.3) is 0 Å². The van der Waals surface area contributed by atoms with Crippen LogP contribution in [0, 0.1) is 5.41 Å². The van der Waals surface area contributed by atoms with E-state index in [9.17, 15) is 4.79 Å². The second-order valence-electron chi connectivity index (χ2n) is 6.00. The molecular formula is C12H20N2O. The normalized spacial score (nSPS) is 35.7. The van der Waals surface area contributed by atoms with Crippen molar-refractivity contribution in [1.29, 1.82) is 0 Å². The summed E-state index contributed by atoms with van der Waals surface area (Å²) >= 11 is 0. The molecular weight excluding hydrogens is 188 g/mol. The lowest BCUT2D eigenvalue weighted by Gasteiger charge is -2.42. The van der Waals surface area contributed by atoms with Gasteiger partial charge in [-0.2, -0.15) is 0 Å². The van der Waals surface area contributed by atoms with Crippen LogP contribution in [0.15, 0.2) is 0 Å². The molecule has 1 aliphatic heterocycles. The topological polar surface area (TPSA) is 32.3 Å². The van der Waals surface area contributed by atoms with E-state index in [1.807, 2.05) is 0 Å². The number of rotatable bonds is 2. The van der Waals surface area contributed by atoms with Crippen molar-refractivity contribution in [2.24, 2.45) is 5.41 Å². The highest BCUT2D eigenvalue weighted by Gasteiger charge is 2.58. The van der Waals surface area contributed by atoms with Gasteiger partial charge in [0.2, 0.25) is 5.91 Å². The van der Waals surface area contributed by atoms with Gasteiger partial charge in [-0.15, -0.1) is 0 Å². The maximum absolute atomic E-state index is 12.2. The summed E-state index contributed by atoms with van der Waals surface area (Å²) in [5, 5.41) is 3.45. The molecule has 2 aliphatic carbocycles. The number of amides is 1. The number of carbonyl (C=O) groups is 1. The van der Waals surface area contributed by atoms with E-state index >= 15 is 0 Å². The summed E-state index contributed by atoms with van der Waals surface area (Å²) in [7, 11) is 0. The molecule has 1 atom stereocenters. The zero-order chi connectivity index (χ0) is 10.7. The third kappa shape index (κ3) is 1.32. The second-order valence-corrected chi connectivity index (χ2v) is 6.00. The molecule has 0 radical (unpaired) electrons. The molecule has 1 spiro atoms. The average molecular weight is 208 g/mol. The summed E-state index contributed by atoms with van der Waals surface area (Å²) in [6, 6.07) is 0. The number of carbonyl (C=O) groups excluding carboxylic acids is 1. The van der Waals surface area contributed by atoms with E-state index in [2.05, 4.69) is 24.1 Å².